The summed E-state index contributed by atoms with van der Waals surface area (Å²) < 4.78 is 0. The van der Waals surface area contributed by atoms with E-state index in [1.807, 2.05) is 24.3 Å². The fourth-order valence-corrected chi connectivity index (χ4v) is 2.35. The average molecular weight is 278 g/mol. The van der Waals surface area contributed by atoms with E-state index in [2.05, 4.69) is 9.97 Å². The van der Waals surface area contributed by atoms with Crippen LogP contribution in [0.15, 0.2) is 55.0 Å². The van der Waals surface area contributed by atoms with Crippen molar-refractivity contribution in [3.63, 3.8) is 0 Å². The van der Waals surface area contributed by atoms with Crippen molar-refractivity contribution < 1.29 is 9.59 Å². The molecule has 4 heteroatoms. The Hall–Kier alpha value is -2.75. The second-order valence-electron chi connectivity index (χ2n) is 4.83. The first-order chi connectivity index (χ1) is 10.3. The van der Waals surface area contributed by atoms with Crippen molar-refractivity contribution in [3.05, 3.63) is 66.1 Å². The van der Waals surface area contributed by atoms with Gasteiger partial charge in [-0.15, -0.1) is 0 Å². The fourth-order valence-electron chi connectivity index (χ4n) is 2.35. The highest BCUT2D eigenvalue weighted by Crippen LogP contribution is 2.20. The van der Waals surface area contributed by atoms with Gasteiger partial charge in [0.1, 0.15) is 0 Å². The SMILES string of the molecule is O=C(CCC(=O)c1c[nH]c2ccccc12)c1ccncc1. The third-order valence-corrected chi connectivity index (χ3v) is 3.47. The van der Waals surface area contributed by atoms with Crippen LogP contribution in [0.1, 0.15) is 33.6 Å². The molecule has 2 aromatic heterocycles. The van der Waals surface area contributed by atoms with E-state index in [0.717, 1.165) is 10.9 Å². The quantitative estimate of drug-likeness (QED) is 0.727. The van der Waals surface area contributed by atoms with Crippen molar-refractivity contribution in [2.75, 3.05) is 0 Å². The molecule has 0 aliphatic rings. The van der Waals surface area contributed by atoms with Crippen molar-refractivity contribution in [1.29, 1.82) is 0 Å². The van der Waals surface area contributed by atoms with Gasteiger partial charge in [0.15, 0.2) is 11.6 Å². The van der Waals surface area contributed by atoms with Gasteiger partial charge in [-0.3, -0.25) is 14.6 Å². The zero-order chi connectivity index (χ0) is 14.7. The Kier molecular flexibility index (Phi) is 3.60. The smallest absolute Gasteiger partial charge is 0.165 e. The fraction of sp³-hybridized carbons (Fsp3) is 0.118. The Morgan fingerprint density at radius 2 is 1.67 bits per heavy atom. The van der Waals surface area contributed by atoms with Crippen LogP contribution in [-0.2, 0) is 0 Å². The first-order valence-corrected chi connectivity index (χ1v) is 6.78. The van der Waals surface area contributed by atoms with Gasteiger partial charge in [-0.1, -0.05) is 18.2 Å². The predicted molar refractivity (Wildman–Crippen MR) is 80.4 cm³/mol. The molecule has 0 aliphatic carbocycles. The number of nitrogens with zero attached hydrogens (tertiary/aromatic N) is 1. The molecular formula is C17H14N2O2. The Bertz CT molecular complexity index is 791. The lowest BCUT2D eigenvalue weighted by Gasteiger charge is -2.00. The third kappa shape index (κ3) is 2.74. The van der Waals surface area contributed by atoms with Crippen molar-refractivity contribution in [1.82, 2.24) is 9.97 Å². The summed E-state index contributed by atoms with van der Waals surface area (Å²) in [5.41, 5.74) is 2.17. The number of Topliss-reactive ketones (excluding diaryl/α,β-unsaturated/α-hetero) is 2. The summed E-state index contributed by atoms with van der Waals surface area (Å²) >= 11 is 0. The predicted octanol–water partition coefficient (Wildman–Crippen LogP) is 3.41. The van der Waals surface area contributed by atoms with E-state index in [0.29, 0.717) is 11.1 Å². The van der Waals surface area contributed by atoms with Gasteiger partial charge in [0, 0.05) is 53.5 Å². The van der Waals surface area contributed by atoms with Gasteiger partial charge in [-0.25, -0.2) is 0 Å². The number of para-hydroxylation sites is 1. The lowest BCUT2D eigenvalue weighted by molar-refractivity contribution is 0.0918. The van der Waals surface area contributed by atoms with Gasteiger partial charge in [0.25, 0.3) is 0 Å². The second kappa shape index (κ2) is 5.71. The molecule has 0 fully saturated rings. The zero-order valence-electron chi connectivity index (χ0n) is 11.4. The van der Waals surface area contributed by atoms with Crippen molar-refractivity contribution >= 4 is 22.5 Å². The number of pyridine rings is 1. The molecule has 3 rings (SSSR count). The van der Waals surface area contributed by atoms with Crippen LogP contribution in [0.2, 0.25) is 0 Å². The highest BCUT2D eigenvalue weighted by atomic mass is 16.1. The minimum Gasteiger partial charge on any atom is -0.360 e. The molecule has 4 nitrogen and oxygen atoms in total. The van der Waals surface area contributed by atoms with Crippen LogP contribution >= 0.6 is 0 Å². The molecule has 0 unspecified atom stereocenters. The van der Waals surface area contributed by atoms with Crippen LogP contribution in [0, 0.1) is 0 Å². The van der Waals surface area contributed by atoms with Gasteiger partial charge in [-0.05, 0) is 18.2 Å². The van der Waals surface area contributed by atoms with E-state index in [4.69, 9.17) is 0 Å². The molecular weight excluding hydrogens is 264 g/mol. The summed E-state index contributed by atoms with van der Waals surface area (Å²) in [5, 5.41) is 0.902. The molecule has 104 valence electrons. The van der Waals surface area contributed by atoms with Crippen molar-refractivity contribution in [2.45, 2.75) is 12.8 Å². The molecule has 0 radical (unpaired) electrons. The number of nitrogens with one attached hydrogen (secondary N) is 1. The summed E-state index contributed by atoms with van der Waals surface area (Å²) in [4.78, 5) is 31.2. The monoisotopic (exact) mass is 278 g/mol. The topological polar surface area (TPSA) is 62.8 Å². The molecule has 1 N–H and O–H groups in total. The Morgan fingerprint density at radius 3 is 2.48 bits per heavy atom. The molecule has 0 bridgehead atoms. The summed E-state index contributed by atoms with van der Waals surface area (Å²) in [6, 6.07) is 11.0. The van der Waals surface area contributed by atoms with Gasteiger partial charge in [-0.2, -0.15) is 0 Å². The Labute approximate surface area is 121 Å². The van der Waals surface area contributed by atoms with Crippen LogP contribution in [0.3, 0.4) is 0 Å². The Balaban J connectivity index is 1.71. The third-order valence-electron chi connectivity index (χ3n) is 3.47. The number of carbonyl (C=O) groups is 2. The van der Waals surface area contributed by atoms with Crippen molar-refractivity contribution in [3.8, 4) is 0 Å². The summed E-state index contributed by atoms with van der Waals surface area (Å²) in [5.74, 6) is -0.0551. The molecule has 0 aliphatic heterocycles. The summed E-state index contributed by atoms with van der Waals surface area (Å²) in [6.07, 6.45) is 5.29. The van der Waals surface area contributed by atoms with Gasteiger partial charge in [0.05, 0.1) is 0 Å². The van der Waals surface area contributed by atoms with Gasteiger partial charge >= 0.3 is 0 Å². The maximum Gasteiger partial charge on any atom is 0.165 e. The van der Waals surface area contributed by atoms with E-state index in [-0.39, 0.29) is 24.4 Å². The number of ketones is 2. The van der Waals surface area contributed by atoms with Crippen molar-refractivity contribution in [2.24, 2.45) is 0 Å². The number of hydrogen-bond acceptors (Lipinski definition) is 3. The highest BCUT2D eigenvalue weighted by Gasteiger charge is 2.14. The number of rotatable bonds is 5. The van der Waals surface area contributed by atoms with E-state index < -0.39 is 0 Å². The number of carbonyl (C=O) groups excluding carboxylic acids is 2. The number of aromatic nitrogens is 2. The molecule has 21 heavy (non-hydrogen) atoms. The molecule has 0 saturated heterocycles. The molecule has 0 atom stereocenters. The van der Waals surface area contributed by atoms with Gasteiger partial charge < -0.3 is 4.98 Å². The molecule has 2 heterocycles. The van der Waals surface area contributed by atoms with Crippen LogP contribution in [0.25, 0.3) is 10.9 Å². The first-order valence-electron chi connectivity index (χ1n) is 6.78. The highest BCUT2D eigenvalue weighted by molar-refractivity contribution is 6.09. The average Bonchev–Trinajstić information content (AvgIpc) is 2.97. The minimum atomic E-state index is -0.0365. The van der Waals surface area contributed by atoms with E-state index in [1.54, 1.807) is 30.7 Å². The lowest BCUT2D eigenvalue weighted by atomic mass is 10.0. The maximum absolute atomic E-state index is 12.3. The molecule has 0 spiro atoms. The minimum absolute atomic E-state index is 0.0187. The molecule has 0 amide bonds. The second-order valence-corrected chi connectivity index (χ2v) is 4.83. The van der Waals surface area contributed by atoms with E-state index in [1.165, 1.54) is 0 Å². The number of H-pyrrole nitrogens is 1. The summed E-state index contributed by atoms with van der Waals surface area (Å²) in [7, 11) is 0. The number of aromatic amines is 1. The van der Waals surface area contributed by atoms with Crippen LogP contribution in [-0.4, -0.2) is 21.5 Å². The Morgan fingerprint density at radius 1 is 0.952 bits per heavy atom. The van der Waals surface area contributed by atoms with Crippen LogP contribution in [0.5, 0.6) is 0 Å². The standard InChI is InChI=1S/C17H14N2O2/c20-16(12-7-9-18-10-8-12)5-6-17(21)14-11-19-15-4-2-1-3-13(14)15/h1-4,7-11,19H,5-6H2. The van der Waals surface area contributed by atoms with E-state index >= 15 is 0 Å². The normalized spacial score (nSPS) is 10.7. The first kappa shape index (κ1) is 13.2. The molecule has 1 aromatic carbocycles. The largest absolute Gasteiger partial charge is 0.360 e. The number of benzene rings is 1. The number of fused-ring (bicyclic) bond motifs is 1. The molecule has 0 saturated carbocycles. The maximum atomic E-state index is 12.3. The summed E-state index contributed by atoms with van der Waals surface area (Å²) in [6.45, 7) is 0. The lowest BCUT2D eigenvalue weighted by Crippen LogP contribution is -2.05. The van der Waals surface area contributed by atoms with Crippen LogP contribution < -0.4 is 0 Å². The zero-order valence-corrected chi connectivity index (χ0v) is 11.4. The molecule has 3 aromatic rings. The van der Waals surface area contributed by atoms with E-state index in [9.17, 15) is 9.59 Å². The van der Waals surface area contributed by atoms with Crippen LogP contribution in [0.4, 0.5) is 0 Å². The number of hydrogen-bond donors (Lipinski definition) is 1. The van der Waals surface area contributed by atoms with Gasteiger partial charge in [0.2, 0.25) is 0 Å².